The fourth-order valence-corrected chi connectivity index (χ4v) is 2.19. The molecule has 0 radical (unpaired) electrons. The summed E-state index contributed by atoms with van der Waals surface area (Å²) in [6.07, 6.45) is 1.68. The first kappa shape index (κ1) is 15.9. The Morgan fingerprint density at radius 3 is 2.63 bits per heavy atom. The number of rotatable bonds is 8. The summed E-state index contributed by atoms with van der Waals surface area (Å²) in [5.74, 6) is 5.92. The molecule has 0 aliphatic carbocycles. The maximum absolute atomic E-state index is 13.5. The molecule has 108 valence electrons. The van der Waals surface area contributed by atoms with Crippen LogP contribution >= 0.6 is 0 Å². The van der Waals surface area contributed by atoms with E-state index in [1.807, 2.05) is 6.92 Å². The third-order valence-electron chi connectivity index (χ3n) is 3.03. The fourth-order valence-electron chi connectivity index (χ4n) is 2.19. The molecule has 0 saturated heterocycles. The smallest absolute Gasteiger partial charge is 0.123 e. The van der Waals surface area contributed by atoms with Gasteiger partial charge in [0.1, 0.15) is 11.6 Å². The molecule has 5 heteroatoms. The van der Waals surface area contributed by atoms with Crippen LogP contribution < -0.4 is 16.0 Å². The summed E-state index contributed by atoms with van der Waals surface area (Å²) in [4.78, 5) is 0. The molecule has 0 saturated carbocycles. The predicted molar refractivity (Wildman–Crippen MR) is 73.3 cm³/mol. The first-order valence-corrected chi connectivity index (χ1v) is 6.59. The molecule has 1 aromatic rings. The van der Waals surface area contributed by atoms with Gasteiger partial charge in [0.05, 0.1) is 19.3 Å². The zero-order valence-corrected chi connectivity index (χ0v) is 11.8. The normalized spacial score (nSPS) is 14.2. The standard InChI is InChI=1S/C14H23FN2O2/c1-4-6-13(19-5-2)14(17-16)11-9-10(15)7-8-12(11)18-3/h7-9,13-14,17H,4-6,16H2,1-3H3. The van der Waals surface area contributed by atoms with Crippen LogP contribution in [0.2, 0.25) is 0 Å². The van der Waals surface area contributed by atoms with Gasteiger partial charge in [-0.1, -0.05) is 13.3 Å². The second-order valence-corrected chi connectivity index (χ2v) is 4.31. The molecule has 2 atom stereocenters. The van der Waals surface area contributed by atoms with Gasteiger partial charge in [0.2, 0.25) is 0 Å². The Kier molecular flexibility index (Phi) is 6.77. The minimum Gasteiger partial charge on any atom is -0.496 e. The summed E-state index contributed by atoms with van der Waals surface area (Å²) in [6, 6.07) is 4.10. The molecular weight excluding hydrogens is 247 g/mol. The monoisotopic (exact) mass is 270 g/mol. The summed E-state index contributed by atoms with van der Waals surface area (Å²) >= 11 is 0. The van der Waals surface area contributed by atoms with E-state index in [4.69, 9.17) is 15.3 Å². The Hall–Kier alpha value is -1.17. The molecule has 0 amide bonds. The molecule has 3 N–H and O–H groups in total. The topological polar surface area (TPSA) is 56.5 Å². The van der Waals surface area contributed by atoms with Crippen LogP contribution in [0.1, 0.15) is 38.3 Å². The molecule has 0 fully saturated rings. The van der Waals surface area contributed by atoms with Gasteiger partial charge in [-0.3, -0.25) is 11.3 Å². The Morgan fingerprint density at radius 1 is 1.37 bits per heavy atom. The van der Waals surface area contributed by atoms with Gasteiger partial charge in [0.15, 0.2) is 0 Å². The van der Waals surface area contributed by atoms with Gasteiger partial charge in [-0.2, -0.15) is 0 Å². The van der Waals surface area contributed by atoms with Crippen LogP contribution in [0.4, 0.5) is 4.39 Å². The highest BCUT2D eigenvalue weighted by Crippen LogP contribution is 2.30. The maximum Gasteiger partial charge on any atom is 0.123 e. The van der Waals surface area contributed by atoms with E-state index in [1.165, 1.54) is 12.1 Å². The van der Waals surface area contributed by atoms with Crippen molar-refractivity contribution < 1.29 is 13.9 Å². The van der Waals surface area contributed by atoms with Crippen LogP contribution in [0.3, 0.4) is 0 Å². The van der Waals surface area contributed by atoms with Gasteiger partial charge in [-0.15, -0.1) is 0 Å². The van der Waals surface area contributed by atoms with Crippen LogP contribution in [0.5, 0.6) is 5.75 Å². The lowest BCUT2D eigenvalue weighted by Crippen LogP contribution is -2.38. The van der Waals surface area contributed by atoms with E-state index in [-0.39, 0.29) is 18.0 Å². The van der Waals surface area contributed by atoms with Gasteiger partial charge >= 0.3 is 0 Å². The number of hydrogen-bond donors (Lipinski definition) is 2. The van der Waals surface area contributed by atoms with Crippen molar-refractivity contribution in [3.63, 3.8) is 0 Å². The lowest BCUT2D eigenvalue weighted by atomic mass is 9.97. The molecular formula is C14H23FN2O2. The Morgan fingerprint density at radius 2 is 2.11 bits per heavy atom. The molecule has 0 aliphatic heterocycles. The highest BCUT2D eigenvalue weighted by Gasteiger charge is 2.25. The van der Waals surface area contributed by atoms with E-state index in [1.54, 1.807) is 13.2 Å². The first-order chi connectivity index (χ1) is 9.17. The van der Waals surface area contributed by atoms with Crippen LogP contribution in [-0.2, 0) is 4.74 Å². The quantitative estimate of drug-likeness (QED) is 0.563. The number of nitrogens with one attached hydrogen (secondary N) is 1. The number of nitrogens with two attached hydrogens (primary N) is 1. The van der Waals surface area contributed by atoms with Crippen LogP contribution in [0, 0.1) is 5.82 Å². The van der Waals surface area contributed by atoms with Crippen molar-refractivity contribution >= 4 is 0 Å². The molecule has 1 aromatic carbocycles. The molecule has 0 spiro atoms. The number of methoxy groups -OCH3 is 1. The van der Waals surface area contributed by atoms with Gasteiger partial charge in [0, 0.05) is 12.2 Å². The summed E-state index contributed by atoms with van der Waals surface area (Å²) in [6.45, 7) is 4.59. The van der Waals surface area contributed by atoms with Crippen LogP contribution in [0.15, 0.2) is 18.2 Å². The van der Waals surface area contributed by atoms with Crippen molar-refractivity contribution in [2.24, 2.45) is 5.84 Å². The third kappa shape index (κ3) is 4.16. The zero-order chi connectivity index (χ0) is 14.3. The lowest BCUT2D eigenvalue weighted by Gasteiger charge is -2.27. The van der Waals surface area contributed by atoms with Crippen molar-refractivity contribution in [1.82, 2.24) is 5.43 Å². The van der Waals surface area contributed by atoms with Crippen molar-refractivity contribution in [2.75, 3.05) is 13.7 Å². The minimum absolute atomic E-state index is 0.115. The molecule has 4 nitrogen and oxygen atoms in total. The molecule has 19 heavy (non-hydrogen) atoms. The van der Waals surface area contributed by atoms with Crippen LogP contribution in [-0.4, -0.2) is 19.8 Å². The van der Waals surface area contributed by atoms with Crippen molar-refractivity contribution in [1.29, 1.82) is 0 Å². The van der Waals surface area contributed by atoms with Crippen molar-refractivity contribution in [3.8, 4) is 5.75 Å². The molecule has 2 unspecified atom stereocenters. The van der Waals surface area contributed by atoms with E-state index in [0.29, 0.717) is 17.9 Å². The second kappa shape index (κ2) is 8.09. The Labute approximate surface area is 114 Å². The van der Waals surface area contributed by atoms with E-state index in [0.717, 1.165) is 12.8 Å². The molecule has 0 aliphatic rings. The van der Waals surface area contributed by atoms with E-state index < -0.39 is 0 Å². The van der Waals surface area contributed by atoms with Gasteiger partial charge in [-0.25, -0.2) is 4.39 Å². The number of benzene rings is 1. The SMILES string of the molecule is CCCC(OCC)C(NN)c1cc(F)ccc1OC. The molecule has 0 bridgehead atoms. The van der Waals surface area contributed by atoms with Gasteiger partial charge in [-0.05, 0) is 31.5 Å². The highest BCUT2D eigenvalue weighted by molar-refractivity contribution is 5.37. The van der Waals surface area contributed by atoms with Crippen LogP contribution in [0.25, 0.3) is 0 Å². The predicted octanol–water partition coefficient (Wildman–Crippen LogP) is 2.54. The van der Waals surface area contributed by atoms with E-state index in [9.17, 15) is 4.39 Å². The van der Waals surface area contributed by atoms with Gasteiger partial charge in [0.25, 0.3) is 0 Å². The van der Waals surface area contributed by atoms with E-state index in [2.05, 4.69) is 12.3 Å². The fraction of sp³-hybridized carbons (Fsp3) is 0.571. The summed E-state index contributed by atoms with van der Waals surface area (Å²) in [5.41, 5.74) is 3.40. The first-order valence-electron chi connectivity index (χ1n) is 6.59. The average molecular weight is 270 g/mol. The summed E-state index contributed by atoms with van der Waals surface area (Å²) in [7, 11) is 1.56. The molecule has 0 heterocycles. The third-order valence-corrected chi connectivity index (χ3v) is 3.03. The number of halogens is 1. The molecule has 0 aromatic heterocycles. The highest BCUT2D eigenvalue weighted by atomic mass is 19.1. The maximum atomic E-state index is 13.5. The summed E-state index contributed by atoms with van der Waals surface area (Å²) in [5, 5.41) is 0. The number of hydrazine groups is 1. The van der Waals surface area contributed by atoms with Crippen molar-refractivity contribution in [3.05, 3.63) is 29.6 Å². The zero-order valence-electron chi connectivity index (χ0n) is 11.8. The minimum atomic E-state index is -0.317. The largest absolute Gasteiger partial charge is 0.496 e. The number of hydrogen-bond acceptors (Lipinski definition) is 4. The van der Waals surface area contributed by atoms with Crippen molar-refractivity contribution in [2.45, 2.75) is 38.8 Å². The van der Waals surface area contributed by atoms with E-state index >= 15 is 0 Å². The average Bonchev–Trinajstić information content (AvgIpc) is 2.40. The second-order valence-electron chi connectivity index (χ2n) is 4.31. The Balaban J connectivity index is 3.08. The Bertz CT molecular complexity index is 382. The van der Waals surface area contributed by atoms with Gasteiger partial charge < -0.3 is 9.47 Å². The lowest BCUT2D eigenvalue weighted by molar-refractivity contribution is 0.0269. The number of ether oxygens (including phenoxy) is 2. The molecule has 1 rings (SSSR count). The summed E-state index contributed by atoms with van der Waals surface area (Å²) < 4.78 is 24.4.